The van der Waals surface area contributed by atoms with Crippen LogP contribution in [0, 0.1) is 11.3 Å². The molecule has 0 saturated carbocycles. The number of rotatable bonds is 5. The number of halogens is 1. The molecule has 120 valence electrons. The van der Waals surface area contributed by atoms with Crippen LogP contribution in [0.5, 0.6) is 0 Å². The lowest BCUT2D eigenvalue weighted by Gasteiger charge is -2.20. The van der Waals surface area contributed by atoms with Crippen LogP contribution in [-0.2, 0) is 14.3 Å². The summed E-state index contributed by atoms with van der Waals surface area (Å²) in [5.74, 6) is -0.132. The Morgan fingerprint density at radius 2 is 1.61 bits per heavy atom. The van der Waals surface area contributed by atoms with Gasteiger partial charge in [-0.1, -0.05) is 35.0 Å². The molecule has 0 N–H and O–H groups in total. The molecule has 0 heterocycles. The zero-order chi connectivity index (χ0) is 17.0. The van der Waals surface area contributed by atoms with Gasteiger partial charge in [-0.2, -0.15) is 13.7 Å². The van der Waals surface area contributed by atoms with E-state index in [2.05, 4.69) is 22.0 Å². The third kappa shape index (κ3) is 4.41. The molecular formula is C17H16BrNO3S. The van der Waals surface area contributed by atoms with E-state index in [1.165, 1.54) is 12.1 Å². The molecule has 2 aromatic carbocycles. The van der Waals surface area contributed by atoms with Crippen molar-refractivity contribution in [2.75, 3.05) is 0 Å². The van der Waals surface area contributed by atoms with E-state index >= 15 is 0 Å². The first kappa shape index (κ1) is 17.7. The zero-order valence-corrected chi connectivity index (χ0v) is 15.1. The Labute approximate surface area is 145 Å². The highest BCUT2D eigenvalue weighted by Crippen LogP contribution is 2.25. The second-order valence-electron chi connectivity index (χ2n) is 5.23. The molecule has 23 heavy (non-hydrogen) atoms. The Morgan fingerprint density at radius 3 is 2.13 bits per heavy atom. The number of benzene rings is 2. The minimum atomic E-state index is -3.82. The molecule has 0 bridgehead atoms. The molecule has 0 aliphatic rings. The lowest BCUT2D eigenvalue weighted by molar-refractivity contribution is 0.203. The van der Waals surface area contributed by atoms with Gasteiger partial charge in [0.2, 0.25) is 0 Å². The van der Waals surface area contributed by atoms with Crippen LogP contribution in [0.4, 0.5) is 0 Å². The third-order valence-electron chi connectivity index (χ3n) is 3.65. The highest BCUT2D eigenvalue weighted by Gasteiger charge is 2.23. The summed E-state index contributed by atoms with van der Waals surface area (Å²) in [6, 6.07) is 15.4. The van der Waals surface area contributed by atoms with Gasteiger partial charge in [0.25, 0.3) is 10.1 Å². The first-order valence-corrected chi connectivity index (χ1v) is 9.22. The van der Waals surface area contributed by atoms with Gasteiger partial charge >= 0.3 is 0 Å². The number of nitriles is 1. The summed E-state index contributed by atoms with van der Waals surface area (Å²) >= 11 is 3.27. The molecule has 0 aliphatic heterocycles. The number of hydrogen-bond donors (Lipinski definition) is 0. The van der Waals surface area contributed by atoms with E-state index in [0.717, 1.165) is 10.0 Å². The highest BCUT2D eigenvalue weighted by atomic mass is 79.9. The van der Waals surface area contributed by atoms with E-state index in [-0.39, 0.29) is 10.8 Å². The molecule has 2 rings (SSSR count). The molecule has 0 fully saturated rings. The summed E-state index contributed by atoms with van der Waals surface area (Å²) in [6.45, 7) is 3.61. The summed E-state index contributed by atoms with van der Waals surface area (Å²) in [4.78, 5) is 0.125. The highest BCUT2D eigenvalue weighted by molar-refractivity contribution is 9.10. The number of hydrogen-bond acceptors (Lipinski definition) is 4. The average molecular weight is 394 g/mol. The van der Waals surface area contributed by atoms with Gasteiger partial charge in [-0.15, -0.1) is 0 Å². The Bertz CT molecular complexity index is 808. The van der Waals surface area contributed by atoms with Crippen LogP contribution in [0.2, 0.25) is 0 Å². The minimum absolute atomic E-state index is 0.125. The predicted octanol–water partition coefficient (Wildman–Crippen LogP) is 4.22. The monoisotopic (exact) mass is 393 g/mol. The van der Waals surface area contributed by atoms with Crippen molar-refractivity contribution in [3.8, 4) is 6.07 Å². The first-order chi connectivity index (χ1) is 10.8. The standard InChI is InChI=1S/C17H16BrNO3S/c1-12(15-5-3-14(11-19)4-6-15)13(2)22-23(20,21)17-9-7-16(18)8-10-17/h3-10,12-13H,1-2H3/t12-,13-/m1/s1. The van der Waals surface area contributed by atoms with Crippen LogP contribution >= 0.6 is 15.9 Å². The van der Waals surface area contributed by atoms with Gasteiger partial charge in [0.1, 0.15) is 0 Å². The van der Waals surface area contributed by atoms with Gasteiger partial charge in [-0.25, -0.2) is 0 Å². The van der Waals surface area contributed by atoms with Gasteiger partial charge in [0, 0.05) is 10.4 Å². The SMILES string of the molecule is C[C@@H](OS(=O)(=O)c1ccc(Br)cc1)[C@@H](C)c1ccc(C#N)cc1. The Balaban J connectivity index is 2.14. The van der Waals surface area contributed by atoms with Crippen LogP contribution in [0.3, 0.4) is 0 Å². The Hall–Kier alpha value is -1.68. The van der Waals surface area contributed by atoms with Crippen molar-refractivity contribution in [1.82, 2.24) is 0 Å². The average Bonchev–Trinajstić information content (AvgIpc) is 2.54. The van der Waals surface area contributed by atoms with Crippen LogP contribution in [0.25, 0.3) is 0 Å². The van der Waals surface area contributed by atoms with Crippen LogP contribution < -0.4 is 0 Å². The van der Waals surface area contributed by atoms with E-state index in [1.54, 1.807) is 31.2 Å². The van der Waals surface area contributed by atoms with Gasteiger partial charge in [0.15, 0.2) is 0 Å². The molecular weight excluding hydrogens is 378 g/mol. The normalized spacial score (nSPS) is 14.0. The van der Waals surface area contributed by atoms with Crippen LogP contribution in [0.1, 0.15) is 30.9 Å². The van der Waals surface area contributed by atoms with E-state index < -0.39 is 16.2 Å². The van der Waals surface area contributed by atoms with Crippen molar-refractivity contribution in [3.05, 3.63) is 64.1 Å². The molecule has 0 amide bonds. The van der Waals surface area contributed by atoms with Gasteiger partial charge in [0.05, 0.1) is 22.6 Å². The molecule has 2 atom stereocenters. The molecule has 0 spiro atoms. The van der Waals surface area contributed by atoms with Crippen molar-refractivity contribution in [1.29, 1.82) is 5.26 Å². The van der Waals surface area contributed by atoms with Crippen LogP contribution in [0.15, 0.2) is 57.9 Å². The summed E-state index contributed by atoms with van der Waals surface area (Å²) in [5, 5.41) is 8.82. The van der Waals surface area contributed by atoms with Gasteiger partial charge in [-0.05, 0) is 48.9 Å². The molecule has 0 saturated heterocycles. The summed E-state index contributed by atoms with van der Waals surface area (Å²) < 4.78 is 30.7. The molecule has 4 nitrogen and oxygen atoms in total. The van der Waals surface area contributed by atoms with Crippen molar-refractivity contribution >= 4 is 26.0 Å². The maximum absolute atomic E-state index is 12.3. The largest absolute Gasteiger partial charge is 0.297 e. The van der Waals surface area contributed by atoms with E-state index in [0.29, 0.717) is 5.56 Å². The molecule has 0 aliphatic carbocycles. The quantitative estimate of drug-likeness (QED) is 0.713. The van der Waals surface area contributed by atoms with Crippen molar-refractivity contribution in [3.63, 3.8) is 0 Å². The third-order valence-corrected chi connectivity index (χ3v) is 5.59. The fourth-order valence-corrected chi connectivity index (χ4v) is 3.48. The topological polar surface area (TPSA) is 67.2 Å². The number of nitrogens with zero attached hydrogens (tertiary/aromatic N) is 1. The smallest absolute Gasteiger partial charge is 0.263 e. The van der Waals surface area contributed by atoms with Crippen molar-refractivity contribution in [2.45, 2.75) is 30.8 Å². The summed E-state index contributed by atoms with van der Waals surface area (Å²) in [7, 11) is -3.82. The maximum atomic E-state index is 12.3. The summed E-state index contributed by atoms with van der Waals surface area (Å²) in [5.41, 5.74) is 1.49. The van der Waals surface area contributed by atoms with Crippen molar-refractivity contribution in [2.24, 2.45) is 0 Å². The maximum Gasteiger partial charge on any atom is 0.297 e. The fourth-order valence-electron chi connectivity index (χ4n) is 2.07. The lowest BCUT2D eigenvalue weighted by Crippen LogP contribution is -2.21. The molecule has 0 unspecified atom stereocenters. The molecule has 6 heteroatoms. The Kier molecular flexibility index (Phi) is 5.58. The second-order valence-corrected chi connectivity index (χ2v) is 7.72. The summed E-state index contributed by atoms with van der Waals surface area (Å²) in [6.07, 6.45) is -0.531. The zero-order valence-electron chi connectivity index (χ0n) is 12.7. The second kappa shape index (κ2) is 7.26. The van der Waals surface area contributed by atoms with Gasteiger partial charge in [-0.3, -0.25) is 4.18 Å². The van der Waals surface area contributed by atoms with E-state index in [9.17, 15) is 8.42 Å². The Morgan fingerprint density at radius 1 is 1.04 bits per heavy atom. The fraction of sp³-hybridized carbons (Fsp3) is 0.235. The lowest BCUT2D eigenvalue weighted by atomic mass is 9.96. The minimum Gasteiger partial charge on any atom is -0.263 e. The first-order valence-electron chi connectivity index (χ1n) is 7.02. The van der Waals surface area contributed by atoms with Crippen LogP contribution in [-0.4, -0.2) is 14.5 Å². The molecule has 0 aromatic heterocycles. The van der Waals surface area contributed by atoms with E-state index in [4.69, 9.17) is 9.44 Å². The molecule has 0 radical (unpaired) electrons. The predicted molar refractivity (Wildman–Crippen MR) is 91.4 cm³/mol. The van der Waals surface area contributed by atoms with E-state index in [1.807, 2.05) is 19.1 Å². The van der Waals surface area contributed by atoms with Gasteiger partial charge < -0.3 is 0 Å². The van der Waals surface area contributed by atoms with Crippen molar-refractivity contribution < 1.29 is 12.6 Å². The molecule has 2 aromatic rings.